The van der Waals surface area contributed by atoms with Crippen LogP contribution in [0.5, 0.6) is 0 Å². The molecular formula is C15H14F3N3. The number of hydrogen-bond acceptors (Lipinski definition) is 3. The van der Waals surface area contributed by atoms with Crippen LogP contribution in [0.25, 0.3) is 11.3 Å². The number of benzene rings is 1. The average molecular weight is 293 g/mol. The van der Waals surface area contributed by atoms with Crippen molar-refractivity contribution in [3.8, 4) is 11.3 Å². The van der Waals surface area contributed by atoms with Crippen LogP contribution in [0.15, 0.2) is 36.4 Å². The zero-order valence-corrected chi connectivity index (χ0v) is 11.3. The first-order valence-corrected chi connectivity index (χ1v) is 6.81. The molecule has 1 fully saturated rings. The first-order chi connectivity index (χ1) is 10.0. The summed E-state index contributed by atoms with van der Waals surface area (Å²) in [7, 11) is 0. The maximum Gasteiger partial charge on any atom is 0.433 e. The maximum absolute atomic E-state index is 13.0. The third kappa shape index (κ3) is 2.99. The molecule has 0 bridgehead atoms. The molecule has 3 rings (SSSR count). The highest BCUT2D eigenvalue weighted by atomic mass is 19.4. The third-order valence-electron chi connectivity index (χ3n) is 3.46. The maximum atomic E-state index is 13.0. The van der Waals surface area contributed by atoms with Crippen LogP contribution in [0.3, 0.4) is 0 Å². The minimum Gasteiger partial charge on any atom is -0.341 e. The summed E-state index contributed by atoms with van der Waals surface area (Å²) in [6.07, 6.45) is -2.55. The first kappa shape index (κ1) is 13.9. The van der Waals surface area contributed by atoms with Crippen molar-refractivity contribution < 1.29 is 13.2 Å². The van der Waals surface area contributed by atoms with E-state index >= 15 is 0 Å². The van der Waals surface area contributed by atoms with Gasteiger partial charge in [0.1, 0.15) is 0 Å². The van der Waals surface area contributed by atoms with Crippen molar-refractivity contribution in [1.29, 1.82) is 0 Å². The standard InChI is InChI=1S/C15H14F3N3/c16-15(17,18)13-10-12(11-6-2-1-3-7-11)19-14(20-13)21-8-4-5-9-21/h1-3,6-7,10H,4-5,8-9H2. The van der Waals surface area contributed by atoms with Crippen LogP contribution in [0.4, 0.5) is 19.1 Å². The monoisotopic (exact) mass is 293 g/mol. The van der Waals surface area contributed by atoms with E-state index in [0.717, 1.165) is 18.9 Å². The van der Waals surface area contributed by atoms with Crippen molar-refractivity contribution in [2.45, 2.75) is 19.0 Å². The lowest BCUT2D eigenvalue weighted by atomic mass is 10.1. The zero-order valence-electron chi connectivity index (χ0n) is 11.3. The summed E-state index contributed by atoms with van der Waals surface area (Å²) in [4.78, 5) is 9.82. The predicted molar refractivity (Wildman–Crippen MR) is 73.9 cm³/mol. The van der Waals surface area contributed by atoms with E-state index in [0.29, 0.717) is 24.3 Å². The Morgan fingerprint density at radius 2 is 1.62 bits per heavy atom. The molecule has 21 heavy (non-hydrogen) atoms. The Morgan fingerprint density at radius 1 is 0.952 bits per heavy atom. The number of nitrogens with zero attached hydrogens (tertiary/aromatic N) is 3. The third-order valence-corrected chi connectivity index (χ3v) is 3.46. The smallest absolute Gasteiger partial charge is 0.341 e. The number of rotatable bonds is 2. The summed E-state index contributed by atoms with van der Waals surface area (Å²) < 4.78 is 39.1. The molecule has 1 aliphatic heterocycles. The van der Waals surface area contributed by atoms with Gasteiger partial charge < -0.3 is 4.90 Å². The second-order valence-electron chi connectivity index (χ2n) is 5.00. The fourth-order valence-electron chi connectivity index (χ4n) is 2.40. The highest BCUT2D eigenvalue weighted by molar-refractivity contribution is 5.61. The molecule has 0 aliphatic carbocycles. The normalized spacial score (nSPS) is 15.5. The summed E-state index contributed by atoms with van der Waals surface area (Å²) in [5, 5.41) is 0. The molecule has 1 aromatic heterocycles. The van der Waals surface area contributed by atoms with Crippen LogP contribution in [-0.4, -0.2) is 23.1 Å². The van der Waals surface area contributed by atoms with Gasteiger partial charge in [0.2, 0.25) is 5.95 Å². The van der Waals surface area contributed by atoms with Gasteiger partial charge in [0.25, 0.3) is 0 Å². The van der Waals surface area contributed by atoms with E-state index in [2.05, 4.69) is 9.97 Å². The molecule has 0 amide bonds. The van der Waals surface area contributed by atoms with Gasteiger partial charge in [0.05, 0.1) is 5.69 Å². The van der Waals surface area contributed by atoms with Gasteiger partial charge >= 0.3 is 6.18 Å². The molecule has 6 heteroatoms. The lowest BCUT2D eigenvalue weighted by molar-refractivity contribution is -0.141. The van der Waals surface area contributed by atoms with E-state index in [-0.39, 0.29) is 5.95 Å². The average Bonchev–Trinajstić information content (AvgIpc) is 3.01. The van der Waals surface area contributed by atoms with E-state index in [1.54, 1.807) is 24.3 Å². The molecule has 0 unspecified atom stereocenters. The summed E-state index contributed by atoms with van der Waals surface area (Å²) in [6.45, 7) is 1.41. The Hall–Kier alpha value is -2.11. The van der Waals surface area contributed by atoms with Crippen molar-refractivity contribution in [3.05, 3.63) is 42.1 Å². The van der Waals surface area contributed by atoms with Gasteiger partial charge in [0, 0.05) is 18.7 Å². The number of anilines is 1. The molecule has 2 aromatic rings. The molecule has 0 spiro atoms. The first-order valence-electron chi connectivity index (χ1n) is 6.81. The minimum absolute atomic E-state index is 0.168. The second kappa shape index (κ2) is 5.35. The lowest BCUT2D eigenvalue weighted by Crippen LogP contribution is -2.22. The summed E-state index contributed by atoms with van der Waals surface area (Å²) in [6, 6.07) is 9.87. The van der Waals surface area contributed by atoms with Gasteiger partial charge in [-0.25, -0.2) is 9.97 Å². The SMILES string of the molecule is FC(F)(F)c1cc(-c2ccccc2)nc(N2CCCC2)n1. The quantitative estimate of drug-likeness (QED) is 0.844. The van der Waals surface area contributed by atoms with Gasteiger partial charge in [0.15, 0.2) is 5.69 Å². The molecule has 3 nitrogen and oxygen atoms in total. The number of aromatic nitrogens is 2. The highest BCUT2D eigenvalue weighted by Crippen LogP contribution is 2.32. The molecular weight excluding hydrogens is 279 g/mol. The van der Waals surface area contributed by atoms with E-state index < -0.39 is 11.9 Å². The van der Waals surface area contributed by atoms with E-state index in [4.69, 9.17) is 0 Å². The molecule has 0 atom stereocenters. The minimum atomic E-state index is -4.47. The Bertz CT molecular complexity index is 620. The molecule has 0 N–H and O–H groups in total. The second-order valence-corrected chi connectivity index (χ2v) is 5.00. The van der Waals surface area contributed by atoms with Gasteiger partial charge in [-0.3, -0.25) is 0 Å². The van der Waals surface area contributed by atoms with Crippen molar-refractivity contribution in [3.63, 3.8) is 0 Å². The van der Waals surface area contributed by atoms with Crippen molar-refractivity contribution >= 4 is 5.95 Å². The zero-order chi connectivity index (χ0) is 14.9. The van der Waals surface area contributed by atoms with Gasteiger partial charge in [-0.1, -0.05) is 30.3 Å². The van der Waals surface area contributed by atoms with Crippen LogP contribution >= 0.6 is 0 Å². The highest BCUT2D eigenvalue weighted by Gasteiger charge is 2.34. The molecule has 1 saturated heterocycles. The Morgan fingerprint density at radius 3 is 2.24 bits per heavy atom. The molecule has 1 aliphatic rings. The van der Waals surface area contributed by atoms with Crippen LogP contribution in [0.2, 0.25) is 0 Å². The Labute approximate surface area is 120 Å². The van der Waals surface area contributed by atoms with Crippen LogP contribution < -0.4 is 4.90 Å². The van der Waals surface area contributed by atoms with Crippen molar-refractivity contribution in [1.82, 2.24) is 9.97 Å². The summed E-state index contributed by atoms with van der Waals surface area (Å²) in [5.74, 6) is 0.168. The molecule has 2 heterocycles. The summed E-state index contributed by atoms with van der Waals surface area (Å²) >= 11 is 0. The topological polar surface area (TPSA) is 29.0 Å². The van der Waals surface area contributed by atoms with Crippen LogP contribution in [0, 0.1) is 0 Å². The number of halogens is 3. The van der Waals surface area contributed by atoms with Gasteiger partial charge in [-0.05, 0) is 18.9 Å². The Kier molecular flexibility index (Phi) is 3.53. The predicted octanol–water partition coefficient (Wildman–Crippen LogP) is 3.76. The van der Waals surface area contributed by atoms with E-state index in [1.165, 1.54) is 0 Å². The Balaban J connectivity index is 2.09. The fourth-order valence-corrected chi connectivity index (χ4v) is 2.40. The number of alkyl halides is 3. The fraction of sp³-hybridized carbons (Fsp3) is 0.333. The van der Waals surface area contributed by atoms with Crippen molar-refractivity contribution in [2.24, 2.45) is 0 Å². The molecule has 0 radical (unpaired) electrons. The number of hydrogen-bond donors (Lipinski definition) is 0. The van der Waals surface area contributed by atoms with E-state index in [1.807, 2.05) is 11.0 Å². The van der Waals surface area contributed by atoms with Crippen molar-refractivity contribution in [2.75, 3.05) is 18.0 Å². The molecule has 1 aromatic carbocycles. The molecule has 0 saturated carbocycles. The molecule has 110 valence electrons. The van der Waals surface area contributed by atoms with Crippen LogP contribution in [0.1, 0.15) is 18.5 Å². The van der Waals surface area contributed by atoms with E-state index in [9.17, 15) is 13.2 Å². The van der Waals surface area contributed by atoms with Gasteiger partial charge in [-0.2, -0.15) is 13.2 Å². The largest absolute Gasteiger partial charge is 0.433 e. The van der Waals surface area contributed by atoms with Crippen LogP contribution in [-0.2, 0) is 6.18 Å². The lowest BCUT2D eigenvalue weighted by Gasteiger charge is -2.18. The summed E-state index contributed by atoms with van der Waals surface area (Å²) in [5.41, 5.74) is 0.0731. The van der Waals surface area contributed by atoms with Gasteiger partial charge in [-0.15, -0.1) is 0 Å².